The summed E-state index contributed by atoms with van der Waals surface area (Å²) in [5.74, 6) is -1.67. The van der Waals surface area contributed by atoms with Gasteiger partial charge >= 0.3 is 0 Å². The Morgan fingerprint density at radius 3 is 1.51 bits per heavy atom. The number of benzene rings is 4. The maximum absolute atomic E-state index is 13.4. The van der Waals surface area contributed by atoms with E-state index in [9.17, 15) is 14.4 Å². The van der Waals surface area contributed by atoms with Crippen molar-refractivity contribution in [1.82, 2.24) is 10.9 Å². The molecule has 0 saturated carbocycles. The van der Waals surface area contributed by atoms with Crippen LogP contribution in [0.5, 0.6) is 0 Å². The van der Waals surface area contributed by atoms with Gasteiger partial charge in [-0.15, -0.1) is 0 Å². The molecule has 4 aromatic carbocycles. The van der Waals surface area contributed by atoms with Gasteiger partial charge in [0.05, 0.1) is 11.4 Å². The van der Waals surface area contributed by atoms with Crippen LogP contribution in [0, 0.1) is 13.8 Å². The molecule has 2 N–H and O–H groups in total. The molecule has 4 rings (SSSR count). The molecule has 39 heavy (non-hydrogen) atoms. The van der Waals surface area contributed by atoms with Gasteiger partial charge in [-0.2, -0.15) is 0 Å². The Morgan fingerprint density at radius 2 is 1.00 bits per heavy atom. The first-order chi connectivity index (χ1) is 18.8. The summed E-state index contributed by atoms with van der Waals surface area (Å²) >= 11 is 5.71. The maximum Gasteiger partial charge on any atom is 0.277 e. The van der Waals surface area contributed by atoms with Crippen LogP contribution in [0.15, 0.2) is 109 Å². The van der Waals surface area contributed by atoms with E-state index < -0.39 is 24.1 Å². The third-order valence-corrected chi connectivity index (χ3v) is 6.37. The molecule has 0 atom stereocenters. The van der Waals surface area contributed by atoms with Crippen molar-refractivity contribution < 1.29 is 14.4 Å². The van der Waals surface area contributed by atoms with Gasteiger partial charge in [0.1, 0.15) is 11.4 Å². The van der Waals surface area contributed by atoms with E-state index in [-0.39, 0.29) is 0 Å². The fourth-order valence-electron chi connectivity index (χ4n) is 3.96. The minimum absolute atomic E-state index is 0.374. The van der Waals surface area contributed by atoms with Crippen molar-refractivity contribution in [3.8, 4) is 0 Å². The lowest BCUT2D eigenvalue weighted by atomic mass is 10.1. The first-order valence-electron chi connectivity index (χ1n) is 12.3. The Balaban J connectivity index is 1.54. The molecule has 0 aliphatic heterocycles. The molecular formula is C31H28N4O3S. The van der Waals surface area contributed by atoms with Gasteiger partial charge in [-0.05, 0) is 49.2 Å². The van der Waals surface area contributed by atoms with E-state index >= 15 is 0 Å². The lowest BCUT2D eigenvalue weighted by Gasteiger charge is -2.28. The number of hydrogen-bond acceptors (Lipinski definition) is 4. The van der Waals surface area contributed by atoms with E-state index in [1.54, 1.807) is 42.5 Å². The van der Waals surface area contributed by atoms with Crippen molar-refractivity contribution >= 4 is 46.3 Å². The Hall–Kier alpha value is -4.82. The molecule has 8 heteroatoms. The second kappa shape index (κ2) is 12.6. The van der Waals surface area contributed by atoms with Crippen LogP contribution in [-0.4, -0.2) is 22.7 Å². The second-order valence-electron chi connectivity index (χ2n) is 8.83. The molecule has 0 aromatic heterocycles. The van der Waals surface area contributed by atoms with E-state index in [4.69, 9.17) is 12.2 Å². The number of nitrogens with zero attached hydrogens (tertiary/aromatic N) is 2. The topological polar surface area (TPSA) is 81.8 Å². The van der Waals surface area contributed by atoms with Gasteiger partial charge in [-0.25, -0.2) is 10.0 Å². The molecule has 0 aliphatic carbocycles. The summed E-state index contributed by atoms with van der Waals surface area (Å²) in [6, 6.07) is 32.6. The van der Waals surface area contributed by atoms with Crippen LogP contribution < -0.4 is 20.9 Å². The summed E-state index contributed by atoms with van der Waals surface area (Å²) < 4.78 is 0. The monoisotopic (exact) mass is 536 g/mol. The maximum atomic E-state index is 13.4. The zero-order chi connectivity index (χ0) is 27.8. The van der Waals surface area contributed by atoms with Crippen LogP contribution in [0.2, 0.25) is 0 Å². The minimum atomic E-state index is -0.657. The summed E-state index contributed by atoms with van der Waals surface area (Å²) in [7, 11) is 0. The summed E-state index contributed by atoms with van der Waals surface area (Å²) in [6.07, 6.45) is -0.537. The van der Waals surface area contributed by atoms with Gasteiger partial charge in [-0.3, -0.25) is 25.2 Å². The zero-order valence-electron chi connectivity index (χ0n) is 21.6. The van der Waals surface area contributed by atoms with Gasteiger partial charge in [-0.1, -0.05) is 97.1 Å². The number of para-hydroxylation sites is 2. The largest absolute Gasteiger partial charge is 0.277 e. The van der Waals surface area contributed by atoms with Gasteiger partial charge in [0, 0.05) is 11.1 Å². The Morgan fingerprint density at radius 1 is 0.590 bits per heavy atom. The predicted octanol–water partition coefficient (Wildman–Crippen LogP) is 5.29. The van der Waals surface area contributed by atoms with Crippen LogP contribution in [-0.2, 0) is 9.59 Å². The van der Waals surface area contributed by atoms with E-state index in [1.807, 2.05) is 80.6 Å². The molecule has 0 bridgehead atoms. The molecule has 7 nitrogen and oxygen atoms in total. The van der Waals surface area contributed by atoms with Crippen molar-refractivity contribution in [3.63, 3.8) is 0 Å². The van der Waals surface area contributed by atoms with Crippen LogP contribution in [0.1, 0.15) is 33.5 Å². The van der Waals surface area contributed by atoms with Crippen molar-refractivity contribution in [2.24, 2.45) is 0 Å². The zero-order valence-corrected chi connectivity index (χ0v) is 22.4. The SMILES string of the molecule is Cc1ccccc1N(NC(=O)CC(=O)NN(C(=S)c1ccccc1)c1ccccc1C)C(=O)c1ccccc1. The fraction of sp³-hybridized carbons (Fsp3) is 0.0968. The smallest absolute Gasteiger partial charge is 0.273 e. The fourth-order valence-corrected chi connectivity index (χ4v) is 4.24. The molecule has 0 heterocycles. The molecule has 0 fully saturated rings. The number of carbonyl (C=O) groups excluding carboxylic acids is 3. The van der Waals surface area contributed by atoms with Gasteiger partial charge < -0.3 is 0 Å². The average Bonchev–Trinajstić information content (AvgIpc) is 2.96. The average molecular weight is 537 g/mol. The standard InChI is InChI=1S/C31H28N4O3S/c1-22-13-9-11-19-26(22)34(30(38)24-15-5-3-6-16-24)32-28(36)21-29(37)33-35(27-20-12-10-14-23(27)2)31(39)25-17-7-4-8-18-25/h3-20H,21H2,1-2H3,(H,32,36)(H,33,37). The number of anilines is 2. The molecule has 4 aromatic rings. The van der Waals surface area contributed by atoms with E-state index in [0.717, 1.165) is 16.7 Å². The van der Waals surface area contributed by atoms with Gasteiger partial charge in [0.2, 0.25) is 11.8 Å². The molecule has 0 unspecified atom stereocenters. The van der Waals surface area contributed by atoms with Gasteiger partial charge in [0.15, 0.2) is 0 Å². The van der Waals surface area contributed by atoms with Crippen molar-refractivity contribution in [1.29, 1.82) is 0 Å². The summed E-state index contributed by atoms with van der Waals surface area (Å²) in [5.41, 5.74) is 9.39. The summed E-state index contributed by atoms with van der Waals surface area (Å²) in [6.45, 7) is 3.74. The van der Waals surface area contributed by atoms with Crippen molar-refractivity contribution in [3.05, 3.63) is 131 Å². The number of hydrazine groups is 2. The summed E-state index contributed by atoms with van der Waals surface area (Å²) in [5, 5.41) is 2.68. The number of carbonyl (C=O) groups is 3. The predicted molar refractivity (Wildman–Crippen MR) is 157 cm³/mol. The lowest BCUT2D eigenvalue weighted by Crippen LogP contribution is -2.50. The van der Waals surface area contributed by atoms with Crippen LogP contribution in [0.25, 0.3) is 0 Å². The first kappa shape index (κ1) is 27.2. The summed E-state index contributed by atoms with van der Waals surface area (Å²) in [4.78, 5) is 39.9. The second-order valence-corrected chi connectivity index (χ2v) is 9.22. The number of nitrogens with one attached hydrogen (secondary N) is 2. The number of hydrogen-bond donors (Lipinski definition) is 2. The molecule has 0 spiro atoms. The van der Waals surface area contributed by atoms with E-state index in [0.29, 0.717) is 21.9 Å². The Bertz CT molecular complexity index is 1380. The molecule has 0 saturated heterocycles. The highest BCUT2D eigenvalue weighted by atomic mass is 32.1. The molecule has 3 amide bonds. The number of aryl methyl sites for hydroxylation is 2. The lowest BCUT2D eigenvalue weighted by molar-refractivity contribution is -0.129. The Kier molecular flexibility index (Phi) is 8.81. The molecule has 196 valence electrons. The van der Waals surface area contributed by atoms with Crippen molar-refractivity contribution in [2.45, 2.75) is 20.3 Å². The molecule has 0 aliphatic rings. The highest BCUT2D eigenvalue weighted by molar-refractivity contribution is 7.81. The van der Waals surface area contributed by atoms with E-state index in [2.05, 4.69) is 10.9 Å². The van der Waals surface area contributed by atoms with Crippen LogP contribution in [0.4, 0.5) is 11.4 Å². The number of amides is 3. The van der Waals surface area contributed by atoms with Gasteiger partial charge in [0.25, 0.3) is 5.91 Å². The third kappa shape index (κ3) is 6.74. The normalized spacial score (nSPS) is 10.3. The Labute approximate surface area is 233 Å². The van der Waals surface area contributed by atoms with Crippen LogP contribution >= 0.6 is 12.2 Å². The van der Waals surface area contributed by atoms with Crippen molar-refractivity contribution in [2.75, 3.05) is 10.0 Å². The highest BCUT2D eigenvalue weighted by Crippen LogP contribution is 2.22. The highest BCUT2D eigenvalue weighted by Gasteiger charge is 2.24. The minimum Gasteiger partial charge on any atom is -0.273 e. The number of rotatable bonds is 6. The van der Waals surface area contributed by atoms with E-state index in [1.165, 1.54) is 10.0 Å². The molecular weight excluding hydrogens is 508 g/mol. The number of thiocarbonyl (C=S) groups is 1. The third-order valence-electron chi connectivity index (χ3n) is 5.95. The molecule has 0 radical (unpaired) electrons. The quantitative estimate of drug-likeness (QED) is 0.199. The van der Waals surface area contributed by atoms with Crippen LogP contribution in [0.3, 0.4) is 0 Å². The first-order valence-corrected chi connectivity index (χ1v) is 12.7.